The van der Waals surface area contributed by atoms with Gasteiger partial charge in [0.15, 0.2) is 0 Å². The number of carbonyl (C=O) groups is 4. The van der Waals surface area contributed by atoms with E-state index in [2.05, 4.69) is 9.67 Å². The quantitative estimate of drug-likeness (QED) is 0.150. The van der Waals surface area contributed by atoms with Gasteiger partial charge < -0.3 is 9.47 Å². The van der Waals surface area contributed by atoms with Gasteiger partial charge in [-0.2, -0.15) is 0 Å². The SMILES string of the molecule is CC(=O)CC(=O)OCCCCCCn1c[n+](CCCCCCOC(=O)CC(C)=O)cn1. The molecule has 174 valence electrons. The van der Waals surface area contributed by atoms with Gasteiger partial charge in [-0.3, -0.25) is 19.2 Å². The number of rotatable bonds is 18. The normalized spacial score (nSPS) is 10.6. The second-order valence-corrected chi connectivity index (χ2v) is 7.77. The highest BCUT2D eigenvalue weighted by Gasteiger charge is 2.08. The fourth-order valence-electron chi connectivity index (χ4n) is 2.95. The summed E-state index contributed by atoms with van der Waals surface area (Å²) < 4.78 is 14.0. The third-order valence-corrected chi connectivity index (χ3v) is 4.53. The maximum Gasteiger partial charge on any atom is 0.313 e. The summed E-state index contributed by atoms with van der Waals surface area (Å²) in [4.78, 5) is 44.1. The number of hydrogen-bond donors (Lipinski definition) is 0. The predicted octanol–water partition coefficient (Wildman–Crippen LogP) is 2.34. The lowest BCUT2D eigenvalue weighted by Gasteiger charge is -2.03. The van der Waals surface area contributed by atoms with E-state index in [1.807, 2.05) is 17.3 Å². The second kappa shape index (κ2) is 16.2. The summed E-state index contributed by atoms with van der Waals surface area (Å²) in [6.45, 7) is 5.25. The lowest BCUT2D eigenvalue weighted by Crippen LogP contribution is -2.31. The lowest BCUT2D eigenvalue weighted by molar-refractivity contribution is -0.698. The number of ketones is 2. The van der Waals surface area contributed by atoms with E-state index in [4.69, 9.17) is 9.47 Å². The molecule has 0 aliphatic carbocycles. The minimum atomic E-state index is -0.443. The van der Waals surface area contributed by atoms with Crippen molar-refractivity contribution in [3.05, 3.63) is 12.7 Å². The highest BCUT2D eigenvalue weighted by molar-refractivity contribution is 5.94. The zero-order chi connectivity index (χ0) is 22.9. The van der Waals surface area contributed by atoms with Gasteiger partial charge in [-0.05, 0) is 52.4 Å². The number of hydrogen-bond acceptors (Lipinski definition) is 7. The molecule has 0 saturated carbocycles. The molecule has 0 fully saturated rings. The molecule has 0 atom stereocenters. The predicted molar refractivity (Wildman–Crippen MR) is 112 cm³/mol. The van der Waals surface area contributed by atoms with E-state index in [-0.39, 0.29) is 24.4 Å². The van der Waals surface area contributed by atoms with Crippen LogP contribution in [-0.4, -0.2) is 46.5 Å². The number of unbranched alkanes of at least 4 members (excludes halogenated alkanes) is 6. The summed E-state index contributed by atoms with van der Waals surface area (Å²) in [5, 5.41) is 4.37. The van der Waals surface area contributed by atoms with Crippen LogP contribution >= 0.6 is 0 Å². The van der Waals surface area contributed by atoms with Crippen molar-refractivity contribution in [3.63, 3.8) is 0 Å². The Labute approximate surface area is 184 Å². The van der Waals surface area contributed by atoms with Gasteiger partial charge in [0.05, 0.1) is 19.8 Å². The molecule has 1 rings (SSSR count). The number of aromatic nitrogens is 3. The minimum absolute atomic E-state index is 0.141. The van der Waals surface area contributed by atoms with Crippen molar-refractivity contribution >= 4 is 23.5 Å². The number of esters is 2. The Morgan fingerprint density at radius 2 is 1.29 bits per heavy atom. The zero-order valence-corrected chi connectivity index (χ0v) is 18.8. The van der Waals surface area contributed by atoms with E-state index < -0.39 is 11.9 Å². The standard InChI is InChI=1S/C22H36N3O6/c1-19(26)15-21(28)30-13-9-5-3-7-11-24-17-23-25(18-24)12-8-4-6-10-14-31-22(29)16-20(2)27/h17-18H,3-16H2,1-2H3/q+1. The minimum Gasteiger partial charge on any atom is -0.465 e. The van der Waals surface area contributed by atoms with Crippen LogP contribution in [-0.2, 0) is 41.7 Å². The first-order valence-corrected chi connectivity index (χ1v) is 11.1. The fraction of sp³-hybridized carbons (Fsp3) is 0.727. The third-order valence-electron chi connectivity index (χ3n) is 4.53. The molecule has 0 amide bonds. The van der Waals surface area contributed by atoms with E-state index in [1.165, 1.54) is 13.8 Å². The van der Waals surface area contributed by atoms with Crippen molar-refractivity contribution in [1.29, 1.82) is 0 Å². The second-order valence-electron chi connectivity index (χ2n) is 7.77. The molecule has 0 radical (unpaired) electrons. The molecule has 1 aromatic heterocycles. The van der Waals surface area contributed by atoms with Crippen LogP contribution in [0.1, 0.15) is 78.1 Å². The smallest absolute Gasteiger partial charge is 0.313 e. The Morgan fingerprint density at radius 3 is 1.84 bits per heavy atom. The van der Waals surface area contributed by atoms with E-state index in [0.717, 1.165) is 64.5 Å². The molecule has 0 aromatic carbocycles. The average molecular weight is 439 g/mol. The summed E-state index contributed by atoms with van der Waals surface area (Å²) in [7, 11) is 0. The van der Waals surface area contributed by atoms with Gasteiger partial charge in [-0.15, -0.1) is 4.68 Å². The van der Waals surface area contributed by atoms with Crippen LogP contribution in [0.3, 0.4) is 0 Å². The van der Waals surface area contributed by atoms with Crippen molar-refractivity contribution < 1.29 is 33.2 Å². The van der Waals surface area contributed by atoms with Gasteiger partial charge in [-0.25, -0.2) is 4.57 Å². The van der Waals surface area contributed by atoms with Crippen molar-refractivity contribution in [1.82, 2.24) is 9.78 Å². The Balaban J connectivity index is 1.98. The molecule has 0 aliphatic heterocycles. The van der Waals surface area contributed by atoms with Crippen molar-refractivity contribution in [2.75, 3.05) is 13.2 Å². The maximum absolute atomic E-state index is 11.2. The third kappa shape index (κ3) is 15.0. The Hall–Kier alpha value is -2.58. The highest BCUT2D eigenvalue weighted by Crippen LogP contribution is 2.03. The monoisotopic (exact) mass is 438 g/mol. The number of Topliss-reactive ketones (excluding diaryl/α,β-unsaturated/α-hetero) is 2. The molecule has 0 N–H and O–H groups in total. The van der Waals surface area contributed by atoms with Gasteiger partial charge in [-0.1, -0.05) is 12.8 Å². The van der Waals surface area contributed by atoms with Crippen molar-refractivity contribution in [2.24, 2.45) is 0 Å². The number of aryl methyl sites for hydroxylation is 2. The lowest BCUT2D eigenvalue weighted by atomic mass is 10.2. The summed E-state index contributed by atoms with van der Waals surface area (Å²) >= 11 is 0. The van der Waals surface area contributed by atoms with Crippen molar-refractivity contribution in [2.45, 2.75) is 91.1 Å². The summed E-state index contributed by atoms with van der Waals surface area (Å²) in [6, 6.07) is 0. The van der Waals surface area contributed by atoms with Gasteiger partial charge in [0, 0.05) is 5.10 Å². The van der Waals surface area contributed by atoms with Crippen LogP contribution in [0, 0.1) is 0 Å². The Morgan fingerprint density at radius 1 is 0.774 bits per heavy atom. The average Bonchev–Trinajstić information content (AvgIpc) is 3.13. The number of ether oxygens (including phenoxy) is 2. The van der Waals surface area contributed by atoms with Crippen LogP contribution < -0.4 is 4.57 Å². The Bertz CT molecular complexity index is 645. The first-order chi connectivity index (χ1) is 14.9. The molecule has 1 heterocycles. The van der Waals surface area contributed by atoms with E-state index in [0.29, 0.717) is 13.2 Å². The van der Waals surface area contributed by atoms with Gasteiger partial charge in [0.1, 0.15) is 31.0 Å². The molecule has 0 unspecified atom stereocenters. The van der Waals surface area contributed by atoms with E-state index in [9.17, 15) is 19.2 Å². The molecule has 0 aliphatic rings. The molecule has 0 saturated heterocycles. The van der Waals surface area contributed by atoms with Gasteiger partial charge >= 0.3 is 11.9 Å². The Kier molecular flexibility index (Phi) is 13.8. The highest BCUT2D eigenvalue weighted by atomic mass is 16.5. The topological polar surface area (TPSA) is 108 Å². The fourth-order valence-corrected chi connectivity index (χ4v) is 2.95. The molecule has 1 aromatic rings. The summed E-state index contributed by atoms with van der Waals surface area (Å²) in [6.07, 6.45) is 11.2. The maximum atomic E-state index is 11.2. The number of nitrogens with zero attached hydrogens (tertiary/aromatic N) is 3. The molecule has 31 heavy (non-hydrogen) atoms. The number of carbonyl (C=O) groups excluding carboxylic acids is 4. The van der Waals surface area contributed by atoms with Gasteiger partial charge in [0.25, 0.3) is 6.33 Å². The largest absolute Gasteiger partial charge is 0.465 e. The van der Waals surface area contributed by atoms with Crippen molar-refractivity contribution in [3.8, 4) is 0 Å². The molecule has 0 spiro atoms. The summed E-state index contributed by atoms with van der Waals surface area (Å²) in [5.41, 5.74) is 0. The van der Waals surface area contributed by atoms with E-state index >= 15 is 0 Å². The van der Waals surface area contributed by atoms with Crippen LogP contribution in [0.4, 0.5) is 0 Å². The molecule has 0 bridgehead atoms. The van der Waals surface area contributed by atoms with Crippen LogP contribution in [0.5, 0.6) is 0 Å². The molecular weight excluding hydrogens is 402 g/mol. The molecule has 9 nitrogen and oxygen atoms in total. The first kappa shape index (κ1) is 26.5. The van der Waals surface area contributed by atoms with Crippen LogP contribution in [0.25, 0.3) is 0 Å². The zero-order valence-electron chi connectivity index (χ0n) is 18.8. The van der Waals surface area contributed by atoms with Crippen LogP contribution in [0.2, 0.25) is 0 Å². The first-order valence-electron chi connectivity index (χ1n) is 11.1. The molecular formula is C22H36N3O6+. The van der Waals surface area contributed by atoms with Crippen LogP contribution in [0.15, 0.2) is 12.7 Å². The van der Waals surface area contributed by atoms with Gasteiger partial charge in [0.2, 0.25) is 6.33 Å². The molecule has 9 heteroatoms. The van der Waals surface area contributed by atoms with E-state index in [1.54, 1.807) is 0 Å². The summed E-state index contributed by atoms with van der Waals surface area (Å²) in [5.74, 6) is -1.23.